The van der Waals surface area contributed by atoms with Crippen LogP contribution in [0, 0.1) is 0 Å². The lowest BCUT2D eigenvalue weighted by atomic mass is 10.4. The van der Waals surface area contributed by atoms with Crippen LogP contribution < -0.4 is 11.5 Å². The van der Waals surface area contributed by atoms with E-state index >= 15 is 0 Å². The Morgan fingerprint density at radius 1 is 1.62 bits per heavy atom. The molecule has 0 spiro atoms. The van der Waals surface area contributed by atoms with E-state index in [4.69, 9.17) is 10.2 Å². The Morgan fingerprint density at radius 3 is 3.00 bits per heavy atom. The topological polar surface area (TPSA) is 110 Å². The van der Waals surface area contributed by atoms with Crippen molar-refractivity contribution in [3.05, 3.63) is 5.89 Å². The number of quaternary nitrogens is 1. The van der Waals surface area contributed by atoms with Crippen molar-refractivity contribution in [2.24, 2.45) is 5.73 Å². The Morgan fingerprint density at radius 2 is 2.38 bits per heavy atom. The van der Waals surface area contributed by atoms with Gasteiger partial charge in [0.25, 0.3) is 5.22 Å². The van der Waals surface area contributed by atoms with Crippen molar-refractivity contribution in [1.82, 2.24) is 10.2 Å². The van der Waals surface area contributed by atoms with Gasteiger partial charge in [-0.25, -0.2) is 0 Å². The zero-order valence-corrected chi connectivity index (χ0v) is 7.84. The largest absolute Gasteiger partial charge is 0.416 e. The molecular formula is C6H11N4O2S+. The SMILES string of the molecule is NC(=O)CSc1nnc(CC[NH3+])o1. The minimum absolute atomic E-state index is 0.159. The average Bonchev–Trinajstić information content (AvgIpc) is 2.50. The highest BCUT2D eigenvalue weighted by atomic mass is 32.2. The number of primary amides is 1. The van der Waals surface area contributed by atoms with E-state index in [0.29, 0.717) is 24.1 Å². The number of nitrogens with zero attached hydrogens (tertiary/aromatic N) is 2. The summed E-state index contributed by atoms with van der Waals surface area (Å²) in [4.78, 5) is 10.4. The molecule has 0 bridgehead atoms. The number of aromatic nitrogens is 2. The molecular weight excluding hydrogens is 192 g/mol. The molecule has 1 rings (SSSR count). The van der Waals surface area contributed by atoms with Gasteiger partial charge in [-0.2, -0.15) is 0 Å². The third-order valence-electron chi connectivity index (χ3n) is 1.18. The van der Waals surface area contributed by atoms with Gasteiger partial charge in [0, 0.05) is 0 Å². The molecule has 0 radical (unpaired) electrons. The molecule has 72 valence electrons. The normalized spacial score (nSPS) is 10.2. The van der Waals surface area contributed by atoms with E-state index < -0.39 is 5.91 Å². The summed E-state index contributed by atoms with van der Waals surface area (Å²) >= 11 is 1.14. The van der Waals surface area contributed by atoms with Gasteiger partial charge >= 0.3 is 0 Å². The summed E-state index contributed by atoms with van der Waals surface area (Å²) in [6.07, 6.45) is 0.657. The molecule has 1 aromatic rings. The molecule has 0 aliphatic rings. The molecule has 5 N–H and O–H groups in total. The fourth-order valence-corrected chi connectivity index (χ4v) is 1.20. The maximum Gasteiger partial charge on any atom is 0.277 e. The van der Waals surface area contributed by atoms with Crippen LogP contribution >= 0.6 is 11.8 Å². The van der Waals surface area contributed by atoms with E-state index in [9.17, 15) is 4.79 Å². The maximum atomic E-state index is 10.4. The standard InChI is InChI=1S/C6H10N4O2S/c7-2-1-5-9-10-6(12-5)13-3-4(8)11/h1-3,7H2,(H2,8,11)/p+1. The van der Waals surface area contributed by atoms with Crippen LogP contribution in [0.15, 0.2) is 9.64 Å². The Hall–Kier alpha value is -1.08. The summed E-state index contributed by atoms with van der Waals surface area (Å²) in [6.45, 7) is 0.710. The van der Waals surface area contributed by atoms with Gasteiger partial charge in [0.05, 0.1) is 18.7 Å². The van der Waals surface area contributed by atoms with Gasteiger partial charge in [-0.3, -0.25) is 4.79 Å². The van der Waals surface area contributed by atoms with Crippen LogP contribution in [0.1, 0.15) is 5.89 Å². The average molecular weight is 203 g/mol. The van der Waals surface area contributed by atoms with Crippen LogP contribution in [0.4, 0.5) is 0 Å². The lowest BCUT2D eigenvalue weighted by molar-refractivity contribution is -0.367. The van der Waals surface area contributed by atoms with Crippen molar-refractivity contribution in [3.8, 4) is 0 Å². The Kier molecular flexibility index (Phi) is 3.71. The Balaban J connectivity index is 2.44. The fraction of sp³-hybridized carbons (Fsp3) is 0.500. The van der Waals surface area contributed by atoms with Crippen molar-refractivity contribution in [3.63, 3.8) is 0 Å². The number of nitrogens with two attached hydrogens (primary N) is 1. The van der Waals surface area contributed by atoms with E-state index in [1.807, 2.05) is 0 Å². The molecule has 0 unspecified atom stereocenters. The Bertz CT molecular complexity index is 288. The van der Waals surface area contributed by atoms with Gasteiger partial charge in [-0.05, 0) is 0 Å². The lowest BCUT2D eigenvalue weighted by Crippen LogP contribution is -2.51. The first kappa shape index (κ1) is 10.0. The minimum atomic E-state index is -0.401. The van der Waals surface area contributed by atoms with E-state index in [1.165, 1.54) is 0 Å². The second kappa shape index (κ2) is 4.83. The lowest BCUT2D eigenvalue weighted by Gasteiger charge is -1.89. The molecule has 7 heteroatoms. The fourth-order valence-electron chi connectivity index (χ4n) is 0.682. The van der Waals surface area contributed by atoms with Crippen LogP contribution in [-0.4, -0.2) is 28.4 Å². The van der Waals surface area contributed by atoms with Crippen molar-refractivity contribution < 1.29 is 14.9 Å². The first-order valence-corrected chi connectivity index (χ1v) is 4.73. The summed E-state index contributed by atoms with van der Waals surface area (Å²) in [7, 11) is 0. The quantitative estimate of drug-likeness (QED) is 0.562. The van der Waals surface area contributed by atoms with Gasteiger partial charge in [0.1, 0.15) is 0 Å². The second-order valence-corrected chi connectivity index (χ2v) is 3.25. The predicted octanol–water partition coefficient (Wildman–Crippen LogP) is -1.57. The molecule has 0 saturated carbocycles. The Labute approximate surface area is 79.1 Å². The predicted molar refractivity (Wildman–Crippen MR) is 45.7 cm³/mol. The number of thioether (sulfide) groups is 1. The summed E-state index contributed by atoms with van der Waals surface area (Å²) in [5.41, 5.74) is 8.60. The number of amides is 1. The van der Waals surface area contributed by atoms with Crippen LogP contribution in [0.25, 0.3) is 0 Å². The molecule has 0 aliphatic heterocycles. The first-order chi connectivity index (χ1) is 6.22. The van der Waals surface area contributed by atoms with Crippen LogP contribution in [-0.2, 0) is 11.2 Å². The molecule has 0 aromatic carbocycles. The number of rotatable bonds is 5. The molecule has 0 aliphatic carbocycles. The van der Waals surface area contributed by atoms with Crippen LogP contribution in [0.2, 0.25) is 0 Å². The monoisotopic (exact) mass is 203 g/mol. The smallest absolute Gasteiger partial charge is 0.277 e. The van der Waals surface area contributed by atoms with Crippen molar-refractivity contribution >= 4 is 17.7 Å². The van der Waals surface area contributed by atoms with Crippen LogP contribution in [0.5, 0.6) is 0 Å². The summed E-state index contributed by atoms with van der Waals surface area (Å²) < 4.78 is 5.17. The third-order valence-corrected chi connectivity index (χ3v) is 2.02. The van der Waals surface area contributed by atoms with E-state index in [-0.39, 0.29) is 5.75 Å². The molecule has 1 heterocycles. The van der Waals surface area contributed by atoms with E-state index in [2.05, 4.69) is 15.9 Å². The summed E-state index contributed by atoms with van der Waals surface area (Å²) in [6, 6.07) is 0. The van der Waals surface area contributed by atoms with Crippen LogP contribution in [0.3, 0.4) is 0 Å². The highest BCUT2D eigenvalue weighted by Gasteiger charge is 2.07. The third kappa shape index (κ3) is 3.43. The number of carbonyl (C=O) groups is 1. The summed E-state index contributed by atoms with van der Waals surface area (Å²) in [5, 5.41) is 7.85. The van der Waals surface area contributed by atoms with Gasteiger partial charge in [-0.1, -0.05) is 11.8 Å². The first-order valence-electron chi connectivity index (χ1n) is 3.75. The highest BCUT2D eigenvalue weighted by molar-refractivity contribution is 7.99. The zero-order chi connectivity index (χ0) is 9.68. The maximum absolute atomic E-state index is 10.4. The number of carbonyl (C=O) groups excluding carboxylic acids is 1. The van der Waals surface area contributed by atoms with Crippen molar-refractivity contribution in [1.29, 1.82) is 0 Å². The van der Waals surface area contributed by atoms with E-state index in [1.54, 1.807) is 0 Å². The van der Waals surface area contributed by atoms with Gasteiger partial charge in [0.2, 0.25) is 11.8 Å². The van der Waals surface area contributed by atoms with Gasteiger partial charge in [-0.15, -0.1) is 10.2 Å². The van der Waals surface area contributed by atoms with Crippen molar-refractivity contribution in [2.45, 2.75) is 11.6 Å². The summed E-state index contributed by atoms with van der Waals surface area (Å²) in [5.74, 6) is 0.301. The molecule has 1 aromatic heterocycles. The van der Waals surface area contributed by atoms with Gasteiger partial charge < -0.3 is 15.9 Å². The second-order valence-electron chi connectivity index (χ2n) is 2.32. The minimum Gasteiger partial charge on any atom is -0.416 e. The molecule has 1 amide bonds. The number of hydrogen-bond acceptors (Lipinski definition) is 5. The molecule has 13 heavy (non-hydrogen) atoms. The molecule has 0 saturated heterocycles. The number of hydrogen-bond donors (Lipinski definition) is 2. The molecule has 6 nitrogen and oxygen atoms in total. The highest BCUT2D eigenvalue weighted by Crippen LogP contribution is 2.14. The van der Waals surface area contributed by atoms with E-state index in [0.717, 1.165) is 11.8 Å². The molecule has 0 atom stereocenters. The zero-order valence-electron chi connectivity index (χ0n) is 7.02. The molecule has 0 fully saturated rings. The van der Waals surface area contributed by atoms with Crippen molar-refractivity contribution in [2.75, 3.05) is 12.3 Å². The van der Waals surface area contributed by atoms with Gasteiger partial charge in [0.15, 0.2) is 0 Å².